The summed E-state index contributed by atoms with van der Waals surface area (Å²) in [5.74, 6) is 2.06. The average molecular weight is 353 g/mol. The number of aromatic nitrogens is 1. The van der Waals surface area contributed by atoms with E-state index in [-0.39, 0.29) is 5.91 Å². The minimum absolute atomic E-state index is 0.300. The monoisotopic (exact) mass is 353 g/mol. The maximum Gasteiger partial charge on any atom is 0.257 e. The number of benzene rings is 1. The van der Waals surface area contributed by atoms with Crippen molar-refractivity contribution in [3.05, 3.63) is 66.2 Å². The number of pyridine rings is 1. The first-order valence-corrected chi connectivity index (χ1v) is 7.94. The van der Waals surface area contributed by atoms with Crippen molar-refractivity contribution in [1.82, 2.24) is 4.98 Å². The zero-order valence-corrected chi connectivity index (χ0v) is 14.5. The number of nitrogens with one attached hydrogen (secondary N) is 2. The zero-order chi connectivity index (χ0) is 18.4. The Labute approximate surface area is 151 Å². The van der Waals surface area contributed by atoms with Gasteiger partial charge in [0.2, 0.25) is 0 Å². The zero-order valence-electron chi connectivity index (χ0n) is 14.5. The molecule has 2 N–H and O–H groups in total. The predicted molar refractivity (Wildman–Crippen MR) is 97.8 cm³/mol. The van der Waals surface area contributed by atoms with Crippen molar-refractivity contribution in [1.29, 1.82) is 0 Å². The molecule has 0 unspecified atom stereocenters. The van der Waals surface area contributed by atoms with Crippen molar-refractivity contribution in [2.45, 2.75) is 6.54 Å². The lowest BCUT2D eigenvalue weighted by Gasteiger charge is -2.09. The molecule has 1 amide bonds. The Morgan fingerprint density at radius 3 is 2.46 bits per heavy atom. The van der Waals surface area contributed by atoms with E-state index in [4.69, 9.17) is 13.9 Å². The number of hydrogen-bond acceptors (Lipinski definition) is 6. The second-order valence-corrected chi connectivity index (χ2v) is 5.42. The van der Waals surface area contributed by atoms with Crippen LogP contribution in [-0.4, -0.2) is 25.1 Å². The molecule has 0 spiro atoms. The van der Waals surface area contributed by atoms with Gasteiger partial charge in [-0.05, 0) is 36.4 Å². The van der Waals surface area contributed by atoms with Gasteiger partial charge in [-0.25, -0.2) is 4.98 Å². The summed E-state index contributed by atoms with van der Waals surface area (Å²) in [4.78, 5) is 16.7. The molecular weight excluding hydrogens is 334 g/mol. The van der Waals surface area contributed by atoms with Gasteiger partial charge in [-0.3, -0.25) is 4.79 Å². The third kappa shape index (κ3) is 4.32. The molecule has 3 rings (SSSR count). The van der Waals surface area contributed by atoms with E-state index in [1.54, 1.807) is 36.7 Å². The van der Waals surface area contributed by atoms with Crippen LogP contribution in [-0.2, 0) is 6.54 Å². The molecule has 0 saturated carbocycles. The molecule has 7 nitrogen and oxygen atoms in total. The molecule has 1 aromatic carbocycles. The normalized spacial score (nSPS) is 10.2. The van der Waals surface area contributed by atoms with Crippen LogP contribution in [0.5, 0.6) is 11.5 Å². The number of methoxy groups -OCH3 is 2. The predicted octanol–water partition coefficient (Wildman–Crippen LogP) is 3.56. The Morgan fingerprint density at radius 1 is 1.12 bits per heavy atom. The van der Waals surface area contributed by atoms with Crippen LogP contribution in [0.1, 0.15) is 16.1 Å². The molecule has 134 valence electrons. The fourth-order valence-electron chi connectivity index (χ4n) is 2.30. The summed E-state index contributed by atoms with van der Waals surface area (Å²) < 4.78 is 15.6. The highest BCUT2D eigenvalue weighted by Gasteiger charge is 2.11. The smallest absolute Gasteiger partial charge is 0.257 e. The molecule has 0 bridgehead atoms. The molecule has 0 atom stereocenters. The van der Waals surface area contributed by atoms with E-state index in [2.05, 4.69) is 15.6 Å². The lowest BCUT2D eigenvalue weighted by atomic mass is 10.2. The van der Waals surface area contributed by atoms with E-state index >= 15 is 0 Å². The SMILES string of the molecule is COc1cc(OC)cc(C(=O)Nc2ccc(NCc3ccco3)cn2)c1. The maximum absolute atomic E-state index is 12.4. The highest BCUT2D eigenvalue weighted by Crippen LogP contribution is 2.23. The van der Waals surface area contributed by atoms with Crippen molar-refractivity contribution >= 4 is 17.4 Å². The summed E-state index contributed by atoms with van der Waals surface area (Å²) in [7, 11) is 3.07. The summed E-state index contributed by atoms with van der Waals surface area (Å²) in [6.45, 7) is 0.560. The Hall–Kier alpha value is -3.48. The van der Waals surface area contributed by atoms with E-state index in [0.717, 1.165) is 11.4 Å². The lowest BCUT2D eigenvalue weighted by Crippen LogP contribution is -2.13. The number of rotatable bonds is 7. The van der Waals surface area contributed by atoms with Crippen molar-refractivity contribution in [2.24, 2.45) is 0 Å². The number of carbonyl (C=O) groups is 1. The number of furan rings is 1. The van der Waals surface area contributed by atoms with Gasteiger partial charge >= 0.3 is 0 Å². The first-order chi connectivity index (χ1) is 12.7. The van der Waals surface area contributed by atoms with Crippen LogP contribution >= 0.6 is 0 Å². The number of amides is 1. The van der Waals surface area contributed by atoms with Crippen LogP contribution in [0, 0.1) is 0 Å². The molecule has 0 aliphatic heterocycles. The molecule has 0 aliphatic rings. The van der Waals surface area contributed by atoms with Crippen LogP contribution in [0.4, 0.5) is 11.5 Å². The Kier molecular flexibility index (Phi) is 5.38. The van der Waals surface area contributed by atoms with Crippen LogP contribution in [0.15, 0.2) is 59.3 Å². The van der Waals surface area contributed by atoms with Crippen LogP contribution in [0.25, 0.3) is 0 Å². The van der Waals surface area contributed by atoms with Gasteiger partial charge < -0.3 is 24.5 Å². The Morgan fingerprint density at radius 2 is 1.88 bits per heavy atom. The first-order valence-electron chi connectivity index (χ1n) is 7.94. The standard InChI is InChI=1S/C19H19N3O4/c1-24-16-8-13(9-17(10-16)25-2)19(23)22-18-6-5-14(11-21-18)20-12-15-4-3-7-26-15/h3-11,20H,12H2,1-2H3,(H,21,22,23). The van der Waals surface area contributed by atoms with Crippen molar-refractivity contribution in [2.75, 3.05) is 24.9 Å². The lowest BCUT2D eigenvalue weighted by molar-refractivity contribution is 0.102. The van der Waals surface area contributed by atoms with Gasteiger partial charge in [-0.15, -0.1) is 0 Å². The summed E-state index contributed by atoms with van der Waals surface area (Å²) in [5.41, 5.74) is 1.24. The maximum atomic E-state index is 12.4. The van der Waals surface area contributed by atoms with Gasteiger partial charge in [0.05, 0.1) is 38.9 Å². The Bertz CT molecular complexity index is 839. The molecule has 2 aromatic heterocycles. The molecule has 0 radical (unpaired) electrons. The van der Waals surface area contributed by atoms with Gasteiger partial charge in [0.15, 0.2) is 0 Å². The largest absolute Gasteiger partial charge is 0.497 e. The molecule has 0 fully saturated rings. The number of ether oxygens (including phenoxy) is 2. The topological polar surface area (TPSA) is 85.6 Å². The van der Waals surface area contributed by atoms with E-state index in [1.165, 1.54) is 14.2 Å². The van der Waals surface area contributed by atoms with Gasteiger partial charge in [0, 0.05) is 11.6 Å². The van der Waals surface area contributed by atoms with Crippen LogP contribution in [0.3, 0.4) is 0 Å². The number of carbonyl (C=O) groups excluding carboxylic acids is 1. The third-order valence-corrected chi connectivity index (χ3v) is 3.67. The van der Waals surface area contributed by atoms with Crippen molar-refractivity contribution < 1.29 is 18.7 Å². The molecule has 0 saturated heterocycles. The van der Waals surface area contributed by atoms with E-state index in [1.807, 2.05) is 18.2 Å². The molecule has 2 heterocycles. The first kappa shape index (κ1) is 17.3. The molecule has 26 heavy (non-hydrogen) atoms. The fraction of sp³-hybridized carbons (Fsp3) is 0.158. The summed E-state index contributed by atoms with van der Waals surface area (Å²) >= 11 is 0. The highest BCUT2D eigenvalue weighted by molar-refractivity contribution is 6.04. The summed E-state index contributed by atoms with van der Waals surface area (Å²) in [6, 6.07) is 12.2. The number of hydrogen-bond donors (Lipinski definition) is 2. The van der Waals surface area contributed by atoms with Crippen molar-refractivity contribution in [3.63, 3.8) is 0 Å². The number of anilines is 2. The number of nitrogens with zero attached hydrogens (tertiary/aromatic N) is 1. The molecule has 0 aliphatic carbocycles. The second-order valence-electron chi connectivity index (χ2n) is 5.42. The molecule has 3 aromatic rings. The fourth-order valence-corrected chi connectivity index (χ4v) is 2.30. The molecular formula is C19H19N3O4. The average Bonchev–Trinajstić information content (AvgIpc) is 3.20. The Balaban J connectivity index is 1.64. The second kappa shape index (κ2) is 8.06. The van der Waals surface area contributed by atoms with Crippen LogP contribution in [0.2, 0.25) is 0 Å². The van der Waals surface area contributed by atoms with E-state index in [9.17, 15) is 4.79 Å². The molecule has 7 heteroatoms. The van der Waals surface area contributed by atoms with Gasteiger partial charge in [0.1, 0.15) is 23.1 Å². The summed E-state index contributed by atoms with van der Waals surface area (Å²) in [5, 5.41) is 5.94. The highest BCUT2D eigenvalue weighted by atomic mass is 16.5. The quantitative estimate of drug-likeness (QED) is 0.675. The van der Waals surface area contributed by atoms with Gasteiger partial charge in [0.25, 0.3) is 5.91 Å². The third-order valence-electron chi connectivity index (χ3n) is 3.67. The van der Waals surface area contributed by atoms with Gasteiger partial charge in [-0.1, -0.05) is 0 Å². The minimum atomic E-state index is -0.300. The van der Waals surface area contributed by atoms with Gasteiger partial charge in [-0.2, -0.15) is 0 Å². The van der Waals surface area contributed by atoms with Crippen LogP contribution < -0.4 is 20.1 Å². The van der Waals surface area contributed by atoms with E-state index in [0.29, 0.717) is 29.4 Å². The van der Waals surface area contributed by atoms with E-state index < -0.39 is 0 Å². The summed E-state index contributed by atoms with van der Waals surface area (Å²) in [6.07, 6.45) is 3.27. The van der Waals surface area contributed by atoms with Crippen molar-refractivity contribution in [3.8, 4) is 11.5 Å². The minimum Gasteiger partial charge on any atom is -0.497 e.